The molecule has 0 radical (unpaired) electrons. The first-order chi connectivity index (χ1) is 11.4. The highest BCUT2D eigenvalue weighted by atomic mass is 32.2. The molecule has 24 heavy (non-hydrogen) atoms. The first-order valence-electron chi connectivity index (χ1n) is 7.61. The van der Waals surface area contributed by atoms with Crippen LogP contribution in [0.1, 0.15) is 24.6 Å². The minimum Gasteiger partial charge on any atom is -0.368 e. The molecule has 2 aromatic rings. The molecular formula is C15H18FN3O4S. The highest BCUT2D eigenvalue weighted by molar-refractivity contribution is 7.89. The first-order valence-corrected chi connectivity index (χ1v) is 9.05. The Kier molecular flexibility index (Phi) is 4.93. The van der Waals surface area contributed by atoms with Crippen molar-refractivity contribution in [1.82, 2.24) is 14.4 Å². The highest BCUT2D eigenvalue weighted by Gasteiger charge is 2.29. The van der Waals surface area contributed by atoms with Gasteiger partial charge in [0.1, 0.15) is 12.4 Å². The summed E-state index contributed by atoms with van der Waals surface area (Å²) in [5.74, 6) is 0.500. The molecular weight excluding hydrogens is 337 g/mol. The molecule has 1 fully saturated rings. The van der Waals surface area contributed by atoms with Crippen molar-refractivity contribution in [3.8, 4) is 0 Å². The Morgan fingerprint density at radius 3 is 2.54 bits per heavy atom. The summed E-state index contributed by atoms with van der Waals surface area (Å²) in [5.41, 5.74) is 0. The van der Waals surface area contributed by atoms with Crippen LogP contribution in [0.25, 0.3) is 0 Å². The van der Waals surface area contributed by atoms with E-state index in [1.807, 2.05) is 0 Å². The number of hydrogen-bond donors (Lipinski definition) is 0. The molecule has 0 saturated carbocycles. The molecule has 0 spiro atoms. The number of piperidine rings is 1. The van der Waals surface area contributed by atoms with Crippen LogP contribution in [0.3, 0.4) is 0 Å². The third-order valence-corrected chi connectivity index (χ3v) is 5.78. The van der Waals surface area contributed by atoms with Gasteiger partial charge in [-0.25, -0.2) is 12.8 Å². The lowest BCUT2D eigenvalue weighted by molar-refractivity contribution is -0.00119. The van der Waals surface area contributed by atoms with Gasteiger partial charge in [-0.15, -0.1) is 0 Å². The molecule has 0 N–H and O–H groups in total. The summed E-state index contributed by atoms with van der Waals surface area (Å²) >= 11 is 0. The molecule has 0 aliphatic carbocycles. The molecule has 9 heteroatoms. The van der Waals surface area contributed by atoms with Crippen LogP contribution in [0.5, 0.6) is 0 Å². The van der Waals surface area contributed by atoms with Crippen molar-refractivity contribution >= 4 is 10.0 Å². The van der Waals surface area contributed by atoms with E-state index in [0.717, 1.165) is 12.1 Å². The lowest BCUT2D eigenvalue weighted by Gasteiger charge is -2.30. The average molecular weight is 355 g/mol. The number of sulfonamides is 1. The molecule has 1 aliphatic rings. The molecule has 2 heterocycles. The zero-order valence-electron chi connectivity index (χ0n) is 13.2. The number of halogens is 1. The molecule has 1 aromatic heterocycles. The smallest absolute Gasteiger partial charge is 0.252 e. The number of rotatable bonds is 5. The number of hydrogen-bond acceptors (Lipinski definition) is 6. The van der Waals surface area contributed by atoms with E-state index in [4.69, 9.17) is 9.26 Å². The Labute approximate surface area is 139 Å². The van der Waals surface area contributed by atoms with E-state index in [2.05, 4.69) is 10.1 Å². The van der Waals surface area contributed by atoms with Crippen molar-refractivity contribution in [1.29, 1.82) is 0 Å². The van der Waals surface area contributed by atoms with Crippen molar-refractivity contribution in [3.05, 3.63) is 41.8 Å². The van der Waals surface area contributed by atoms with Gasteiger partial charge in [-0.1, -0.05) is 5.16 Å². The van der Waals surface area contributed by atoms with Gasteiger partial charge in [0.25, 0.3) is 5.89 Å². The second-order valence-corrected chi connectivity index (χ2v) is 7.54. The quantitative estimate of drug-likeness (QED) is 0.814. The van der Waals surface area contributed by atoms with Gasteiger partial charge in [0.15, 0.2) is 5.82 Å². The lowest BCUT2D eigenvalue weighted by atomic mass is 10.1. The molecule has 1 aliphatic heterocycles. The van der Waals surface area contributed by atoms with E-state index in [-0.39, 0.29) is 17.6 Å². The van der Waals surface area contributed by atoms with E-state index in [9.17, 15) is 12.8 Å². The zero-order valence-corrected chi connectivity index (χ0v) is 14.0. The standard InChI is InChI=1S/C15H18FN3O4S/c1-11-17-15(23-18-11)10-22-13-6-8-19(9-7-13)24(20,21)14-4-2-12(16)3-5-14/h2-5,13H,6-10H2,1H3. The summed E-state index contributed by atoms with van der Waals surface area (Å²) in [6, 6.07) is 4.86. The molecule has 1 saturated heterocycles. The van der Waals surface area contributed by atoms with Crippen LogP contribution in [-0.4, -0.2) is 42.1 Å². The topological polar surface area (TPSA) is 85.5 Å². The number of benzene rings is 1. The fourth-order valence-corrected chi connectivity index (χ4v) is 4.05. The van der Waals surface area contributed by atoms with Gasteiger partial charge in [0.2, 0.25) is 10.0 Å². The van der Waals surface area contributed by atoms with Gasteiger partial charge < -0.3 is 9.26 Å². The minimum atomic E-state index is -3.60. The van der Waals surface area contributed by atoms with E-state index in [0.29, 0.717) is 37.6 Å². The van der Waals surface area contributed by atoms with Crippen molar-refractivity contribution in [2.24, 2.45) is 0 Å². The van der Waals surface area contributed by atoms with E-state index < -0.39 is 15.8 Å². The lowest BCUT2D eigenvalue weighted by Crippen LogP contribution is -2.40. The van der Waals surface area contributed by atoms with Crippen LogP contribution in [0.4, 0.5) is 4.39 Å². The maximum Gasteiger partial charge on any atom is 0.252 e. The van der Waals surface area contributed by atoms with Crippen molar-refractivity contribution < 1.29 is 22.1 Å². The van der Waals surface area contributed by atoms with Gasteiger partial charge in [0, 0.05) is 13.1 Å². The zero-order chi connectivity index (χ0) is 17.2. The van der Waals surface area contributed by atoms with Crippen molar-refractivity contribution in [2.45, 2.75) is 37.4 Å². The van der Waals surface area contributed by atoms with Gasteiger partial charge in [-0.2, -0.15) is 9.29 Å². The van der Waals surface area contributed by atoms with Gasteiger partial charge in [-0.3, -0.25) is 0 Å². The summed E-state index contributed by atoms with van der Waals surface area (Å²) in [6.07, 6.45) is 1.10. The Morgan fingerprint density at radius 1 is 1.29 bits per heavy atom. The average Bonchev–Trinajstić information content (AvgIpc) is 2.99. The van der Waals surface area contributed by atoms with Crippen molar-refractivity contribution in [2.75, 3.05) is 13.1 Å². The molecule has 7 nitrogen and oxygen atoms in total. The molecule has 1 aromatic carbocycles. The number of nitrogens with zero attached hydrogens (tertiary/aromatic N) is 3. The normalized spacial score (nSPS) is 17.2. The van der Waals surface area contributed by atoms with Crippen LogP contribution in [0.15, 0.2) is 33.7 Å². The summed E-state index contributed by atoms with van der Waals surface area (Å²) in [6.45, 7) is 2.66. The van der Waals surface area contributed by atoms with Crippen LogP contribution >= 0.6 is 0 Å². The summed E-state index contributed by atoms with van der Waals surface area (Å²) < 4.78 is 50.1. The van der Waals surface area contributed by atoms with Crippen LogP contribution < -0.4 is 0 Å². The summed E-state index contributed by atoms with van der Waals surface area (Å²) in [7, 11) is -3.60. The predicted octanol–water partition coefficient (Wildman–Crippen LogP) is 1.89. The Bertz CT molecular complexity index is 783. The van der Waals surface area contributed by atoms with Gasteiger partial charge >= 0.3 is 0 Å². The molecule has 0 amide bonds. The third-order valence-electron chi connectivity index (χ3n) is 3.86. The molecule has 0 unspecified atom stereocenters. The molecule has 0 atom stereocenters. The predicted molar refractivity (Wildman–Crippen MR) is 82.0 cm³/mol. The number of ether oxygens (including phenoxy) is 1. The summed E-state index contributed by atoms with van der Waals surface area (Å²) in [5, 5.41) is 3.68. The SMILES string of the molecule is Cc1noc(COC2CCN(S(=O)(=O)c3ccc(F)cc3)CC2)n1. The fourth-order valence-electron chi connectivity index (χ4n) is 2.58. The van der Waals surface area contributed by atoms with E-state index >= 15 is 0 Å². The highest BCUT2D eigenvalue weighted by Crippen LogP contribution is 2.22. The first kappa shape index (κ1) is 17.0. The Morgan fingerprint density at radius 2 is 1.96 bits per heavy atom. The second kappa shape index (κ2) is 6.96. The maximum atomic E-state index is 13.0. The number of aryl methyl sites for hydroxylation is 1. The Hall–Kier alpha value is -1.84. The number of aromatic nitrogens is 2. The fraction of sp³-hybridized carbons (Fsp3) is 0.467. The monoisotopic (exact) mass is 355 g/mol. The third kappa shape index (κ3) is 3.80. The van der Waals surface area contributed by atoms with Crippen LogP contribution in [0.2, 0.25) is 0 Å². The second-order valence-electron chi connectivity index (χ2n) is 5.60. The van der Waals surface area contributed by atoms with Crippen LogP contribution in [-0.2, 0) is 21.4 Å². The molecule has 3 rings (SSSR count). The largest absolute Gasteiger partial charge is 0.368 e. The summed E-state index contributed by atoms with van der Waals surface area (Å²) in [4.78, 5) is 4.16. The van der Waals surface area contributed by atoms with Crippen molar-refractivity contribution in [3.63, 3.8) is 0 Å². The minimum absolute atomic E-state index is 0.0585. The van der Waals surface area contributed by atoms with E-state index in [1.165, 1.54) is 16.4 Å². The molecule has 130 valence electrons. The van der Waals surface area contributed by atoms with Gasteiger partial charge in [0.05, 0.1) is 11.0 Å². The molecule has 0 bridgehead atoms. The Balaban J connectivity index is 1.55. The van der Waals surface area contributed by atoms with Gasteiger partial charge in [-0.05, 0) is 44.0 Å². The maximum absolute atomic E-state index is 13.0. The van der Waals surface area contributed by atoms with E-state index in [1.54, 1.807) is 6.92 Å². The van der Waals surface area contributed by atoms with Crippen LogP contribution in [0, 0.1) is 12.7 Å².